The van der Waals surface area contributed by atoms with Crippen molar-refractivity contribution in [3.63, 3.8) is 0 Å². The molecule has 2 nitrogen and oxygen atoms in total. The number of ether oxygens (including phenoxy) is 1. The van der Waals surface area contributed by atoms with Crippen LogP contribution in [0.2, 0.25) is 0 Å². The van der Waals surface area contributed by atoms with Crippen molar-refractivity contribution in [2.24, 2.45) is 17.3 Å². The lowest BCUT2D eigenvalue weighted by Gasteiger charge is -2.37. The van der Waals surface area contributed by atoms with Gasteiger partial charge in [-0.15, -0.1) is 0 Å². The molecule has 0 saturated heterocycles. The van der Waals surface area contributed by atoms with Crippen molar-refractivity contribution in [3.8, 4) is 6.07 Å². The van der Waals surface area contributed by atoms with Crippen molar-refractivity contribution in [1.82, 2.24) is 0 Å². The zero-order valence-electron chi connectivity index (χ0n) is 18.3. The van der Waals surface area contributed by atoms with Crippen LogP contribution in [0.3, 0.4) is 0 Å². The van der Waals surface area contributed by atoms with E-state index in [1.165, 1.54) is 96.3 Å². The second-order valence-electron chi connectivity index (χ2n) is 9.63. The van der Waals surface area contributed by atoms with Crippen molar-refractivity contribution in [2.45, 2.75) is 129 Å². The first-order chi connectivity index (χ1) is 13.2. The maximum Gasteiger partial charge on any atom is 0.0807 e. The standard InChI is InChI=1S/C25H45NO/c1-3-5-7-9-11-23-16-18-25(20-26,19-17-23)21-27-24-14-12-22(13-15-24)10-8-6-4-2/h22-24H,3-19,21H2,1-2H3/t22-,23-,24-,25+. The van der Waals surface area contributed by atoms with E-state index in [-0.39, 0.29) is 5.41 Å². The summed E-state index contributed by atoms with van der Waals surface area (Å²) in [5, 5.41) is 9.84. The van der Waals surface area contributed by atoms with Crippen LogP contribution < -0.4 is 0 Å². The van der Waals surface area contributed by atoms with Crippen LogP contribution in [-0.4, -0.2) is 12.7 Å². The average molecular weight is 376 g/mol. The molecule has 0 atom stereocenters. The second kappa shape index (κ2) is 12.8. The molecule has 2 saturated carbocycles. The van der Waals surface area contributed by atoms with Gasteiger partial charge in [0.2, 0.25) is 0 Å². The van der Waals surface area contributed by atoms with Crippen molar-refractivity contribution in [3.05, 3.63) is 0 Å². The Morgan fingerprint density at radius 1 is 0.778 bits per heavy atom. The highest BCUT2D eigenvalue weighted by molar-refractivity contribution is 5.02. The topological polar surface area (TPSA) is 33.0 Å². The van der Waals surface area contributed by atoms with Crippen molar-refractivity contribution in [2.75, 3.05) is 6.61 Å². The van der Waals surface area contributed by atoms with E-state index in [1.807, 2.05) is 0 Å². The lowest BCUT2D eigenvalue weighted by atomic mass is 9.70. The van der Waals surface area contributed by atoms with Crippen LogP contribution in [0.25, 0.3) is 0 Å². The highest BCUT2D eigenvalue weighted by Gasteiger charge is 2.36. The highest BCUT2D eigenvalue weighted by atomic mass is 16.5. The lowest BCUT2D eigenvalue weighted by Crippen LogP contribution is -2.34. The Kier molecular flexibility index (Phi) is 10.8. The first-order valence-corrected chi connectivity index (χ1v) is 12.2. The van der Waals surface area contributed by atoms with Crippen LogP contribution in [0, 0.1) is 28.6 Å². The predicted molar refractivity (Wildman–Crippen MR) is 115 cm³/mol. The molecule has 0 heterocycles. The molecule has 0 aromatic rings. The molecule has 2 aliphatic rings. The van der Waals surface area contributed by atoms with Crippen LogP contribution in [0.15, 0.2) is 0 Å². The van der Waals surface area contributed by atoms with Gasteiger partial charge in [-0.3, -0.25) is 0 Å². The molecule has 2 aliphatic carbocycles. The Labute approximate surface area is 169 Å². The fourth-order valence-electron chi connectivity index (χ4n) is 5.21. The number of rotatable bonds is 12. The molecule has 156 valence electrons. The zero-order chi connectivity index (χ0) is 19.4. The fraction of sp³-hybridized carbons (Fsp3) is 0.960. The van der Waals surface area contributed by atoms with Gasteiger partial charge in [-0.1, -0.05) is 71.6 Å². The number of nitriles is 1. The summed E-state index contributed by atoms with van der Waals surface area (Å²) in [6, 6.07) is 2.67. The van der Waals surface area contributed by atoms with Gasteiger partial charge in [0.25, 0.3) is 0 Å². The zero-order valence-corrected chi connectivity index (χ0v) is 18.3. The molecule has 0 unspecified atom stereocenters. The summed E-state index contributed by atoms with van der Waals surface area (Å²) < 4.78 is 6.32. The third kappa shape index (κ3) is 8.15. The third-order valence-electron chi connectivity index (χ3n) is 7.37. The predicted octanol–water partition coefficient (Wildman–Crippen LogP) is 7.81. The van der Waals surface area contributed by atoms with Gasteiger partial charge in [0.05, 0.1) is 24.2 Å². The Morgan fingerprint density at radius 2 is 1.33 bits per heavy atom. The van der Waals surface area contributed by atoms with Gasteiger partial charge < -0.3 is 4.74 Å². The second-order valence-corrected chi connectivity index (χ2v) is 9.63. The summed E-state index contributed by atoms with van der Waals surface area (Å²) in [5.74, 6) is 1.80. The summed E-state index contributed by atoms with van der Waals surface area (Å²) >= 11 is 0. The summed E-state index contributed by atoms with van der Waals surface area (Å²) in [5.41, 5.74) is -0.183. The van der Waals surface area contributed by atoms with Gasteiger partial charge in [-0.05, 0) is 63.2 Å². The van der Waals surface area contributed by atoms with Crippen LogP contribution in [0.1, 0.15) is 123 Å². The summed E-state index contributed by atoms with van der Waals surface area (Å²) in [7, 11) is 0. The molecular weight excluding hydrogens is 330 g/mol. The number of unbranched alkanes of at least 4 members (excludes halogenated alkanes) is 5. The summed E-state index contributed by atoms with van der Waals surface area (Å²) in [6.45, 7) is 5.26. The molecule has 0 N–H and O–H groups in total. The number of hydrogen-bond acceptors (Lipinski definition) is 2. The van der Waals surface area contributed by atoms with Gasteiger partial charge in [0, 0.05) is 0 Å². The van der Waals surface area contributed by atoms with E-state index >= 15 is 0 Å². The fourth-order valence-corrected chi connectivity index (χ4v) is 5.21. The number of nitrogens with zero attached hydrogens (tertiary/aromatic N) is 1. The molecule has 0 amide bonds. The van der Waals surface area contributed by atoms with Gasteiger partial charge in [-0.25, -0.2) is 0 Å². The molecule has 0 aliphatic heterocycles. The van der Waals surface area contributed by atoms with Crippen LogP contribution in [0.4, 0.5) is 0 Å². The van der Waals surface area contributed by atoms with Gasteiger partial charge in [-0.2, -0.15) is 5.26 Å². The van der Waals surface area contributed by atoms with Crippen molar-refractivity contribution < 1.29 is 4.74 Å². The minimum absolute atomic E-state index is 0.183. The van der Waals surface area contributed by atoms with Gasteiger partial charge >= 0.3 is 0 Å². The first kappa shape index (κ1) is 22.7. The van der Waals surface area contributed by atoms with E-state index in [0.29, 0.717) is 12.7 Å². The molecule has 0 aromatic heterocycles. The lowest BCUT2D eigenvalue weighted by molar-refractivity contribution is -0.0300. The van der Waals surface area contributed by atoms with E-state index in [2.05, 4.69) is 19.9 Å². The Bertz CT molecular complexity index is 411. The average Bonchev–Trinajstić information content (AvgIpc) is 2.72. The van der Waals surface area contributed by atoms with E-state index < -0.39 is 0 Å². The van der Waals surface area contributed by atoms with E-state index in [0.717, 1.165) is 24.7 Å². The Morgan fingerprint density at radius 3 is 1.93 bits per heavy atom. The van der Waals surface area contributed by atoms with E-state index in [4.69, 9.17) is 4.74 Å². The van der Waals surface area contributed by atoms with Crippen molar-refractivity contribution in [1.29, 1.82) is 5.26 Å². The van der Waals surface area contributed by atoms with Gasteiger partial charge in [0.1, 0.15) is 0 Å². The molecule has 0 bridgehead atoms. The smallest absolute Gasteiger partial charge is 0.0807 e. The maximum atomic E-state index is 9.84. The third-order valence-corrected chi connectivity index (χ3v) is 7.37. The first-order valence-electron chi connectivity index (χ1n) is 12.2. The molecule has 27 heavy (non-hydrogen) atoms. The molecule has 2 heteroatoms. The minimum atomic E-state index is -0.183. The molecule has 0 spiro atoms. The van der Waals surface area contributed by atoms with Crippen LogP contribution in [0.5, 0.6) is 0 Å². The monoisotopic (exact) mass is 375 g/mol. The highest BCUT2D eigenvalue weighted by Crippen LogP contribution is 2.41. The Balaban J connectivity index is 1.62. The SMILES string of the molecule is CCCCCC[C@H]1CC[C@@](C#N)(CO[C@H]2CC[C@H](CCCCC)CC2)CC1. The molecule has 0 aromatic carbocycles. The summed E-state index contributed by atoms with van der Waals surface area (Å²) in [6.07, 6.45) is 22.6. The molecule has 2 fully saturated rings. The number of hydrogen-bond donors (Lipinski definition) is 0. The van der Waals surface area contributed by atoms with Crippen LogP contribution in [-0.2, 0) is 4.74 Å². The maximum absolute atomic E-state index is 9.84. The normalized spacial score (nSPS) is 31.5. The molecular formula is C25H45NO. The minimum Gasteiger partial charge on any atom is -0.377 e. The van der Waals surface area contributed by atoms with Crippen LogP contribution >= 0.6 is 0 Å². The van der Waals surface area contributed by atoms with Gasteiger partial charge in [0.15, 0.2) is 0 Å². The van der Waals surface area contributed by atoms with E-state index in [1.54, 1.807) is 0 Å². The van der Waals surface area contributed by atoms with Crippen molar-refractivity contribution >= 4 is 0 Å². The quantitative estimate of drug-likeness (QED) is 0.326. The van der Waals surface area contributed by atoms with E-state index in [9.17, 15) is 5.26 Å². The molecule has 0 radical (unpaired) electrons. The molecule has 2 rings (SSSR count). The Hall–Kier alpha value is -0.550. The largest absolute Gasteiger partial charge is 0.377 e. The summed E-state index contributed by atoms with van der Waals surface area (Å²) in [4.78, 5) is 0.